The number of para-hydroxylation sites is 2. The highest BCUT2D eigenvalue weighted by Gasteiger charge is 2.17. The van der Waals surface area contributed by atoms with E-state index in [2.05, 4.69) is 11.0 Å². The Balaban J connectivity index is 1.74. The third kappa shape index (κ3) is 3.31. The summed E-state index contributed by atoms with van der Waals surface area (Å²) < 4.78 is 11.0. The summed E-state index contributed by atoms with van der Waals surface area (Å²) in [5.41, 5.74) is 7.30. The molecule has 0 radical (unpaired) electrons. The second-order valence-electron chi connectivity index (χ2n) is 5.14. The maximum Gasteiger partial charge on any atom is 0.255 e. The number of carbonyl (C=O) groups excluding carboxylic acids is 1. The summed E-state index contributed by atoms with van der Waals surface area (Å²) in [7, 11) is 0. The number of anilines is 1. The van der Waals surface area contributed by atoms with Crippen LogP contribution in [0.5, 0.6) is 11.5 Å². The van der Waals surface area contributed by atoms with Crippen LogP contribution in [0.15, 0.2) is 48.5 Å². The predicted octanol–water partition coefficient (Wildman–Crippen LogP) is 1.95. The molecule has 22 heavy (non-hydrogen) atoms. The van der Waals surface area contributed by atoms with E-state index in [9.17, 15) is 4.79 Å². The molecule has 2 aromatic rings. The molecule has 0 aromatic heterocycles. The molecule has 0 saturated heterocycles. The van der Waals surface area contributed by atoms with E-state index in [1.54, 1.807) is 0 Å². The van der Waals surface area contributed by atoms with E-state index in [4.69, 9.17) is 15.2 Å². The molecule has 1 heterocycles. The quantitative estimate of drug-likeness (QED) is 0.916. The summed E-state index contributed by atoms with van der Waals surface area (Å²) >= 11 is 0. The van der Waals surface area contributed by atoms with Gasteiger partial charge in [0.2, 0.25) is 0 Å². The van der Waals surface area contributed by atoms with Crippen LogP contribution in [0.1, 0.15) is 5.56 Å². The molecule has 114 valence electrons. The molecular weight excluding hydrogens is 280 g/mol. The Kier molecular flexibility index (Phi) is 4.14. The van der Waals surface area contributed by atoms with Crippen molar-refractivity contribution in [2.75, 3.05) is 24.7 Å². The molecular formula is C17H18N2O3. The van der Waals surface area contributed by atoms with Gasteiger partial charge in [-0.3, -0.25) is 4.79 Å². The number of rotatable bonds is 5. The highest BCUT2D eigenvalue weighted by atomic mass is 16.5. The smallest absolute Gasteiger partial charge is 0.255 e. The molecule has 0 unspecified atom stereocenters. The third-order valence-electron chi connectivity index (χ3n) is 3.48. The second-order valence-corrected chi connectivity index (χ2v) is 5.14. The zero-order valence-corrected chi connectivity index (χ0v) is 12.2. The molecule has 0 bridgehead atoms. The van der Waals surface area contributed by atoms with Crippen molar-refractivity contribution >= 4 is 11.6 Å². The number of fused-ring (bicyclic) bond motifs is 1. The Morgan fingerprint density at radius 2 is 2.09 bits per heavy atom. The van der Waals surface area contributed by atoms with Crippen LogP contribution < -0.4 is 20.1 Å². The van der Waals surface area contributed by atoms with E-state index in [1.807, 2.05) is 42.5 Å². The van der Waals surface area contributed by atoms with Gasteiger partial charge in [0.25, 0.3) is 5.91 Å². The number of primary amides is 1. The van der Waals surface area contributed by atoms with Crippen LogP contribution >= 0.6 is 0 Å². The number of hydrogen-bond acceptors (Lipinski definition) is 4. The van der Waals surface area contributed by atoms with Gasteiger partial charge in [-0.1, -0.05) is 24.3 Å². The minimum Gasteiger partial charge on any atom is -0.490 e. The normalized spacial score (nSPS) is 13.2. The van der Waals surface area contributed by atoms with Gasteiger partial charge >= 0.3 is 0 Å². The van der Waals surface area contributed by atoms with E-state index in [0.717, 1.165) is 30.1 Å². The van der Waals surface area contributed by atoms with Crippen LogP contribution in [-0.2, 0) is 11.3 Å². The van der Waals surface area contributed by atoms with Crippen molar-refractivity contribution in [2.24, 2.45) is 5.73 Å². The fourth-order valence-electron chi connectivity index (χ4n) is 2.50. The molecule has 0 fully saturated rings. The van der Waals surface area contributed by atoms with Crippen molar-refractivity contribution in [1.29, 1.82) is 0 Å². The van der Waals surface area contributed by atoms with Crippen LogP contribution in [-0.4, -0.2) is 25.7 Å². The van der Waals surface area contributed by atoms with Crippen LogP contribution in [0, 0.1) is 0 Å². The largest absolute Gasteiger partial charge is 0.490 e. The molecule has 2 N–H and O–H groups in total. The predicted molar refractivity (Wildman–Crippen MR) is 84.1 cm³/mol. The summed E-state index contributed by atoms with van der Waals surface area (Å²) in [5.74, 6) is 1.08. The fourth-order valence-corrected chi connectivity index (χ4v) is 2.50. The van der Waals surface area contributed by atoms with Gasteiger partial charge < -0.3 is 20.1 Å². The lowest BCUT2D eigenvalue weighted by Gasteiger charge is -2.31. The van der Waals surface area contributed by atoms with E-state index in [0.29, 0.717) is 12.4 Å². The molecule has 1 aliphatic heterocycles. The molecule has 0 saturated carbocycles. The monoisotopic (exact) mass is 298 g/mol. The van der Waals surface area contributed by atoms with E-state index >= 15 is 0 Å². The van der Waals surface area contributed by atoms with Crippen LogP contribution in [0.25, 0.3) is 0 Å². The highest BCUT2D eigenvalue weighted by Crippen LogP contribution is 2.32. The molecule has 0 spiro atoms. The van der Waals surface area contributed by atoms with Gasteiger partial charge in [-0.05, 0) is 29.8 Å². The summed E-state index contributed by atoms with van der Waals surface area (Å²) in [4.78, 5) is 13.1. The molecule has 2 aromatic carbocycles. The molecule has 5 heteroatoms. The van der Waals surface area contributed by atoms with E-state index < -0.39 is 5.91 Å². The third-order valence-corrected chi connectivity index (χ3v) is 3.48. The first-order chi connectivity index (χ1) is 10.7. The first-order valence-corrected chi connectivity index (χ1v) is 7.19. The average Bonchev–Trinajstić information content (AvgIpc) is 2.54. The zero-order valence-electron chi connectivity index (χ0n) is 12.2. The van der Waals surface area contributed by atoms with Gasteiger partial charge in [0, 0.05) is 6.54 Å². The first kappa shape index (κ1) is 14.3. The number of amides is 1. The number of benzene rings is 2. The minimum atomic E-state index is -0.479. The topological polar surface area (TPSA) is 64.8 Å². The van der Waals surface area contributed by atoms with Crippen molar-refractivity contribution in [2.45, 2.75) is 6.54 Å². The maximum absolute atomic E-state index is 10.8. The van der Waals surface area contributed by atoms with E-state index in [-0.39, 0.29) is 6.61 Å². The number of carbonyl (C=O) groups is 1. The van der Waals surface area contributed by atoms with Gasteiger partial charge in [0.05, 0.1) is 12.2 Å². The minimum absolute atomic E-state index is 0.107. The van der Waals surface area contributed by atoms with Gasteiger partial charge in [0.15, 0.2) is 6.61 Å². The van der Waals surface area contributed by atoms with Crippen molar-refractivity contribution in [3.05, 3.63) is 54.1 Å². The van der Waals surface area contributed by atoms with E-state index in [1.165, 1.54) is 0 Å². The molecule has 1 amide bonds. The number of hydrogen-bond donors (Lipinski definition) is 1. The number of nitrogens with two attached hydrogens (primary N) is 1. The van der Waals surface area contributed by atoms with Crippen molar-refractivity contribution in [1.82, 2.24) is 0 Å². The zero-order chi connectivity index (χ0) is 15.4. The molecule has 0 atom stereocenters. The SMILES string of the molecule is NC(=O)COc1cccc(CN2CCOc3ccccc32)c1. The van der Waals surface area contributed by atoms with Gasteiger partial charge in [-0.15, -0.1) is 0 Å². The van der Waals surface area contributed by atoms with Gasteiger partial charge in [0.1, 0.15) is 18.1 Å². The summed E-state index contributed by atoms with van der Waals surface area (Å²) in [5, 5.41) is 0. The fraction of sp³-hybridized carbons (Fsp3) is 0.235. The molecule has 1 aliphatic rings. The Morgan fingerprint density at radius 3 is 2.95 bits per heavy atom. The van der Waals surface area contributed by atoms with Crippen molar-refractivity contribution in [3.8, 4) is 11.5 Å². The highest BCUT2D eigenvalue weighted by molar-refractivity contribution is 5.75. The standard InChI is InChI=1S/C17H18N2O3/c18-17(20)12-22-14-5-3-4-13(10-14)11-19-8-9-21-16-7-2-1-6-15(16)19/h1-7,10H,8-9,11-12H2,(H2,18,20). The van der Waals surface area contributed by atoms with Crippen molar-refractivity contribution in [3.63, 3.8) is 0 Å². The first-order valence-electron chi connectivity index (χ1n) is 7.19. The van der Waals surface area contributed by atoms with Gasteiger partial charge in [-0.2, -0.15) is 0 Å². The number of ether oxygens (including phenoxy) is 2. The Labute approximate surface area is 129 Å². The summed E-state index contributed by atoms with van der Waals surface area (Å²) in [6.07, 6.45) is 0. The Morgan fingerprint density at radius 1 is 1.23 bits per heavy atom. The molecule has 3 rings (SSSR count). The summed E-state index contributed by atoms with van der Waals surface area (Å²) in [6, 6.07) is 15.7. The summed E-state index contributed by atoms with van der Waals surface area (Å²) in [6.45, 7) is 2.16. The lowest BCUT2D eigenvalue weighted by molar-refractivity contribution is -0.119. The molecule has 0 aliphatic carbocycles. The van der Waals surface area contributed by atoms with Crippen molar-refractivity contribution < 1.29 is 14.3 Å². The second kappa shape index (κ2) is 6.39. The van der Waals surface area contributed by atoms with Crippen LogP contribution in [0.2, 0.25) is 0 Å². The Hall–Kier alpha value is -2.69. The van der Waals surface area contributed by atoms with Crippen LogP contribution in [0.4, 0.5) is 5.69 Å². The molecule has 5 nitrogen and oxygen atoms in total. The van der Waals surface area contributed by atoms with Crippen LogP contribution in [0.3, 0.4) is 0 Å². The lowest BCUT2D eigenvalue weighted by Crippen LogP contribution is -2.32. The maximum atomic E-state index is 10.8. The average molecular weight is 298 g/mol. The van der Waals surface area contributed by atoms with Gasteiger partial charge in [-0.25, -0.2) is 0 Å². The lowest BCUT2D eigenvalue weighted by atomic mass is 10.1. The number of nitrogens with zero attached hydrogens (tertiary/aromatic N) is 1. The Bertz CT molecular complexity index is 672.